The van der Waals surface area contributed by atoms with E-state index in [0.29, 0.717) is 39.6 Å². The van der Waals surface area contributed by atoms with Crippen LogP contribution in [0.2, 0.25) is 0 Å². The van der Waals surface area contributed by atoms with Gasteiger partial charge in [-0.15, -0.1) is 0 Å². The molecule has 121 heavy (non-hydrogen) atoms. The summed E-state index contributed by atoms with van der Waals surface area (Å²) in [5, 5.41) is 0. The number of aromatic amines is 3. The molecule has 0 saturated carbocycles. The second-order valence-corrected chi connectivity index (χ2v) is 32.0. The molecule has 12 rings (SSSR count). The smallest absolute Gasteiger partial charge is 0.496 e. The monoisotopic (exact) mass is 1740 g/mol. The number of H-pyrrole nitrogens is 3. The van der Waals surface area contributed by atoms with Crippen LogP contribution in [0.25, 0.3) is 33.5 Å². The summed E-state index contributed by atoms with van der Waals surface area (Å²) in [5.41, 5.74) is 22.3. The molecule has 9 N–H and O–H groups in total. The molecule has 0 amide bonds. The van der Waals surface area contributed by atoms with Crippen LogP contribution in [-0.4, -0.2) is 143 Å². The molecule has 6 aromatic heterocycles. The van der Waals surface area contributed by atoms with E-state index in [1.165, 1.54) is 53.4 Å². The van der Waals surface area contributed by atoms with E-state index in [-0.39, 0.29) is 128 Å². The zero-order chi connectivity index (χ0) is 87.7. The van der Waals surface area contributed by atoms with E-state index in [9.17, 15) is 51.2 Å². The van der Waals surface area contributed by atoms with E-state index >= 15 is 0 Å². The van der Waals surface area contributed by atoms with Gasteiger partial charge in [-0.1, -0.05) is 95.5 Å². The number of halogens is 2. The predicted molar refractivity (Wildman–Crippen MR) is 430 cm³/mol. The molecule has 6 aromatic carbocycles. The number of hydrogen-bond acceptors (Lipinski definition) is 34. The van der Waals surface area contributed by atoms with Crippen LogP contribution in [0.15, 0.2) is 161 Å². The van der Waals surface area contributed by atoms with Crippen molar-refractivity contribution in [3.05, 3.63) is 239 Å². The molecule has 3 atom stereocenters. The number of rotatable bonds is 37. The maximum atomic E-state index is 14.0. The van der Waals surface area contributed by atoms with E-state index < -0.39 is 109 Å². The molecule has 0 aliphatic carbocycles. The summed E-state index contributed by atoms with van der Waals surface area (Å²) in [6, 6.07) is 32.4. The van der Waals surface area contributed by atoms with Gasteiger partial charge in [0.15, 0.2) is 33.5 Å². The SMILES string of the molecule is COc1cc(OC(=O)OCOP(=O)(COCCn2cnc3c(=O)[nH]c(N)nc32)OCc2ccc(C)c(F)c2)ccc1C.Cc1ccc(OC(=O)OCOP(=O)(COCCn2cnc3c(=O)[nH]c(N)nc32)OCc2ccc(C)c(F)c2)cc1.[2H]c1cc(COP(=O)(COCCn2cnc3c(=O)[nH]c(N)nc32)OCOC(=O)Oc2ccc(C)cc2)ccc1C. The van der Waals surface area contributed by atoms with Gasteiger partial charge in [0.05, 0.1) is 67.1 Å². The minimum absolute atomic E-state index is 0.00790. The summed E-state index contributed by atoms with van der Waals surface area (Å²) in [7, 11) is -10.6. The number of nitrogens with two attached hydrogens (primary N) is 3. The number of nitrogen functional groups attached to an aromatic ring is 3. The number of hydrogen-bond donors (Lipinski definition) is 6. The first-order valence-electron chi connectivity index (χ1n) is 36.7. The Hall–Kier alpha value is -12.4. The van der Waals surface area contributed by atoms with Gasteiger partial charge in [0.1, 0.15) is 53.7 Å². The number of aryl methyl sites for hydroxylation is 6. The highest BCUT2D eigenvalue weighted by Crippen LogP contribution is 2.51. The van der Waals surface area contributed by atoms with Crippen molar-refractivity contribution in [3.8, 4) is 23.0 Å². The molecule has 0 aliphatic rings. The van der Waals surface area contributed by atoms with Crippen LogP contribution in [0.4, 0.5) is 41.0 Å². The number of benzene rings is 6. The summed E-state index contributed by atoms with van der Waals surface area (Å²) in [5.74, 6) is 0.0942. The van der Waals surface area contributed by atoms with Gasteiger partial charge in [-0.3, -0.25) is 56.6 Å². The van der Waals surface area contributed by atoms with Crippen molar-refractivity contribution in [1.82, 2.24) is 58.6 Å². The molecule has 12 aromatic rings. The Morgan fingerprint density at radius 1 is 0.430 bits per heavy atom. The molecule has 0 fully saturated rings. The van der Waals surface area contributed by atoms with E-state index in [2.05, 4.69) is 44.9 Å². The first-order chi connectivity index (χ1) is 58.3. The average molecular weight is 1740 g/mol. The van der Waals surface area contributed by atoms with Gasteiger partial charge in [-0.05, 0) is 117 Å². The Bertz CT molecular complexity index is 5760. The van der Waals surface area contributed by atoms with Crippen molar-refractivity contribution in [1.29, 1.82) is 0 Å². The van der Waals surface area contributed by atoms with Crippen LogP contribution >= 0.6 is 22.8 Å². The van der Waals surface area contributed by atoms with E-state index in [1.54, 1.807) is 128 Å². The number of imidazole rings is 3. The summed E-state index contributed by atoms with van der Waals surface area (Å²) in [6.45, 7) is 8.20. The maximum absolute atomic E-state index is 14.0. The van der Waals surface area contributed by atoms with Crippen LogP contribution in [0, 0.1) is 53.2 Å². The molecule has 6 heterocycles. The highest BCUT2D eigenvalue weighted by atomic mass is 31.2. The number of fused-ring (bicyclic) bond motifs is 3. The second-order valence-electron chi connectivity index (χ2n) is 26.0. The van der Waals surface area contributed by atoms with Gasteiger partial charge in [0, 0.05) is 25.7 Å². The van der Waals surface area contributed by atoms with Gasteiger partial charge in [0.25, 0.3) is 16.7 Å². The minimum atomic E-state index is -4.05. The van der Waals surface area contributed by atoms with Gasteiger partial charge >= 0.3 is 41.3 Å². The lowest BCUT2D eigenvalue weighted by atomic mass is 10.1. The number of methoxy groups -OCH3 is 1. The van der Waals surface area contributed by atoms with Crippen LogP contribution in [0.5, 0.6) is 23.0 Å². The number of aromatic nitrogens is 12. The predicted octanol–water partition coefficient (Wildman–Crippen LogP) is 12.0. The molecule has 0 saturated heterocycles. The molecule has 0 radical (unpaired) electrons. The summed E-state index contributed by atoms with van der Waals surface area (Å²) in [4.78, 5) is 103. The van der Waals surface area contributed by atoms with Crippen molar-refractivity contribution >= 4 is 92.6 Å². The Morgan fingerprint density at radius 2 is 0.760 bits per heavy atom. The van der Waals surface area contributed by atoms with Crippen molar-refractivity contribution in [2.75, 3.05) is 83.6 Å². The number of anilines is 3. The lowest BCUT2D eigenvalue weighted by molar-refractivity contribution is 0.0141. The molecule has 3 unspecified atom stereocenters. The molecule has 40 nitrogen and oxygen atoms in total. The Balaban J connectivity index is 0.000000192. The zero-order valence-electron chi connectivity index (χ0n) is 66.9. The lowest BCUT2D eigenvalue weighted by Crippen LogP contribution is -2.15. The van der Waals surface area contributed by atoms with Crippen LogP contribution < -0.4 is 52.8 Å². The van der Waals surface area contributed by atoms with Crippen molar-refractivity contribution in [2.24, 2.45) is 0 Å². The molecular weight excluding hydrogens is 1650 g/mol. The van der Waals surface area contributed by atoms with Crippen LogP contribution in [0.1, 0.15) is 51.4 Å². The Morgan fingerprint density at radius 3 is 1.12 bits per heavy atom. The topological polar surface area (TPSA) is 519 Å². The fourth-order valence-corrected chi connectivity index (χ4v) is 13.7. The fraction of sp³-hybridized carbons (Fsp3) is 0.289. The molecule has 0 aliphatic heterocycles. The normalized spacial score (nSPS) is 12.9. The van der Waals surface area contributed by atoms with Gasteiger partial charge in [0.2, 0.25) is 38.2 Å². The van der Waals surface area contributed by atoms with E-state index in [1.807, 2.05) is 20.8 Å². The molecule has 45 heteroatoms. The third-order valence-corrected chi connectivity index (χ3v) is 21.3. The molecule has 0 spiro atoms. The molecule has 642 valence electrons. The number of nitrogens with zero attached hydrogens (tertiary/aromatic N) is 9. The quantitative estimate of drug-likeness (QED) is 0.00526. The number of carbonyl (C=O) groups excluding carboxylic acids is 3. The zero-order valence-corrected chi connectivity index (χ0v) is 68.6. The first kappa shape index (κ1) is 89.4. The van der Waals surface area contributed by atoms with Crippen LogP contribution in [-0.2, 0) is 109 Å². The van der Waals surface area contributed by atoms with Crippen molar-refractivity contribution < 1.29 is 113 Å². The van der Waals surface area contributed by atoms with Gasteiger partial charge in [-0.2, -0.15) is 15.0 Å². The van der Waals surface area contributed by atoms with Crippen LogP contribution in [0.3, 0.4) is 0 Å². The standard InChI is InChI=1S/C26H29FN5O9P.C25H27FN5O8P.C25H28N5O8P/c1-16-4-6-18(10-20(16)27)12-39-42(35,40-14-38-26(34)41-19-7-5-17(2)21(11-19)36-3)15-37-9-8-32-13-29-22-23(32)30-25(28)31-24(22)33;1-16-3-7-19(8-4-16)39-25(33)36-14-38-40(34,37-12-18-6-5-17(2)20(26)11-18)15-35-10-9-31-13-28-21-22(31)29-24(27)30-23(21)32;1-17-3-7-19(8-4-17)13-36-39(33,37-15-35-25(32)38-20-9-5-18(2)6-10-20)16-34-12-11-30-14-27-21-22(30)28-24(26)29-23(21)31/h4-7,10-11,13H,8-9,12,14-15H2,1-3H3,(H3,28,30,31,33);3-8,11,13H,9-10,12,14-15H2,1-2H3,(H3,27,29,30,32);3-10,14H,11-13,15-16H2,1-2H3,(H3,26,28,29,31)/i;;3D. The number of ether oxygens (including phenoxy) is 10. The highest BCUT2D eigenvalue weighted by Gasteiger charge is 2.31. The second kappa shape index (κ2) is 43.0. The Labute approximate surface area is 687 Å². The van der Waals surface area contributed by atoms with E-state index in [4.69, 9.17) is 93.1 Å². The summed E-state index contributed by atoms with van der Waals surface area (Å²) < 4.78 is 165. The molecule has 0 bridgehead atoms. The number of carbonyl (C=O) groups is 3. The summed E-state index contributed by atoms with van der Waals surface area (Å²) in [6.07, 6.45) is -0.620. The Kier molecular flexibility index (Phi) is 31.8. The van der Waals surface area contributed by atoms with Gasteiger partial charge < -0.3 is 91.8 Å². The summed E-state index contributed by atoms with van der Waals surface area (Å²) >= 11 is 0. The van der Waals surface area contributed by atoms with E-state index in [0.717, 1.165) is 22.3 Å². The largest absolute Gasteiger partial charge is 0.515 e. The fourth-order valence-electron chi connectivity index (χ4n) is 10.3. The average Bonchev–Trinajstić information content (AvgIpc) is 1.67. The third kappa shape index (κ3) is 27.6. The van der Waals surface area contributed by atoms with Crippen molar-refractivity contribution in [2.45, 2.75) is 81.0 Å². The minimum Gasteiger partial charge on any atom is -0.496 e. The maximum Gasteiger partial charge on any atom is 0.515 e. The lowest BCUT2D eigenvalue weighted by Gasteiger charge is -2.19. The number of nitrogens with one attached hydrogen (secondary N) is 3. The highest BCUT2D eigenvalue weighted by molar-refractivity contribution is 7.54. The molecular formula is C76H84F2N15O25P3. The first-order valence-corrected chi connectivity index (χ1v) is 41.4. The third-order valence-electron chi connectivity index (χ3n) is 16.7. The van der Waals surface area contributed by atoms with Gasteiger partial charge in [-0.25, -0.2) is 38.1 Å². The van der Waals surface area contributed by atoms with Crippen molar-refractivity contribution in [3.63, 3.8) is 0 Å².